The standard InChI is InChI=1S/C17H26O4/c1-4-14-10-11-15(16(13-14)19-3)21-12-8-6-7-9-17(18)20-5-2/h10-11,13H,4-9,12H2,1-3H3. The first-order chi connectivity index (χ1) is 10.2. The van der Waals surface area contributed by atoms with Crippen molar-refractivity contribution in [1.82, 2.24) is 0 Å². The van der Waals surface area contributed by atoms with Crippen molar-refractivity contribution < 1.29 is 19.0 Å². The fourth-order valence-electron chi connectivity index (χ4n) is 2.01. The monoisotopic (exact) mass is 294 g/mol. The first-order valence-corrected chi connectivity index (χ1v) is 7.66. The van der Waals surface area contributed by atoms with Crippen molar-refractivity contribution in [2.75, 3.05) is 20.3 Å². The zero-order valence-corrected chi connectivity index (χ0v) is 13.3. The molecule has 0 heterocycles. The number of hydrogen-bond acceptors (Lipinski definition) is 4. The summed E-state index contributed by atoms with van der Waals surface area (Å²) >= 11 is 0. The van der Waals surface area contributed by atoms with Crippen LogP contribution >= 0.6 is 0 Å². The number of benzene rings is 1. The molecular formula is C17H26O4. The van der Waals surface area contributed by atoms with E-state index in [0.717, 1.165) is 37.2 Å². The van der Waals surface area contributed by atoms with Gasteiger partial charge in [0.2, 0.25) is 0 Å². The van der Waals surface area contributed by atoms with Gasteiger partial charge >= 0.3 is 5.97 Å². The van der Waals surface area contributed by atoms with Gasteiger partial charge in [-0.1, -0.05) is 13.0 Å². The maximum absolute atomic E-state index is 11.2. The van der Waals surface area contributed by atoms with Gasteiger partial charge in [0.1, 0.15) is 0 Å². The van der Waals surface area contributed by atoms with E-state index in [4.69, 9.17) is 14.2 Å². The van der Waals surface area contributed by atoms with Crippen molar-refractivity contribution in [2.45, 2.75) is 46.0 Å². The summed E-state index contributed by atoms with van der Waals surface area (Å²) < 4.78 is 16.0. The van der Waals surface area contributed by atoms with Crippen molar-refractivity contribution in [3.63, 3.8) is 0 Å². The molecule has 4 heteroatoms. The summed E-state index contributed by atoms with van der Waals surface area (Å²) in [7, 11) is 1.65. The smallest absolute Gasteiger partial charge is 0.305 e. The summed E-state index contributed by atoms with van der Waals surface area (Å²) in [5.74, 6) is 1.44. The lowest BCUT2D eigenvalue weighted by atomic mass is 10.1. The van der Waals surface area contributed by atoms with E-state index in [-0.39, 0.29) is 5.97 Å². The van der Waals surface area contributed by atoms with Crippen molar-refractivity contribution in [1.29, 1.82) is 0 Å². The highest BCUT2D eigenvalue weighted by molar-refractivity contribution is 5.69. The lowest BCUT2D eigenvalue weighted by Crippen LogP contribution is -2.04. The van der Waals surface area contributed by atoms with Gasteiger partial charge in [-0.15, -0.1) is 0 Å². The third kappa shape index (κ3) is 6.52. The third-order valence-corrected chi connectivity index (χ3v) is 3.22. The number of hydrogen-bond donors (Lipinski definition) is 0. The van der Waals surface area contributed by atoms with Crippen LogP contribution in [0.4, 0.5) is 0 Å². The average Bonchev–Trinajstić information content (AvgIpc) is 2.51. The van der Waals surface area contributed by atoms with E-state index in [1.165, 1.54) is 5.56 Å². The van der Waals surface area contributed by atoms with E-state index in [1.54, 1.807) is 7.11 Å². The molecule has 21 heavy (non-hydrogen) atoms. The Morgan fingerprint density at radius 2 is 1.90 bits per heavy atom. The third-order valence-electron chi connectivity index (χ3n) is 3.22. The summed E-state index contributed by atoms with van der Waals surface area (Å²) in [6, 6.07) is 6.02. The molecule has 4 nitrogen and oxygen atoms in total. The fraction of sp³-hybridized carbons (Fsp3) is 0.588. The summed E-state index contributed by atoms with van der Waals surface area (Å²) in [5, 5.41) is 0. The Labute approximate surface area is 127 Å². The highest BCUT2D eigenvalue weighted by Gasteiger charge is 2.05. The molecule has 0 bridgehead atoms. The highest BCUT2D eigenvalue weighted by Crippen LogP contribution is 2.28. The van der Waals surface area contributed by atoms with Crippen LogP contribution in [-0.4, -0.2) is 26.3 Å². The largest absolute Gasteiger partial charge is 0.493 e. The molecule has 0 saturated heterocycles. The lowest BCUT2D eigenvalue weighted by Gasteiger charge is -2.11. The molecule has 0 amide bonds. The minimum absolute atomic E-state index is 0.116. The quantitative estimate of drug-likeness (QED) is 0.487. The molecule has 0 radical (unpaired) electrons. The van der Waals surface area contributed by atoms with Crippen LogP contribution in [0.1, 0.15) is 45.1 Å². The van der Waals surface area contributed by atoms with Crippen LogP contribution in [0, 0.1) is 0 Å². The molecule has 0 aromatic heterocycles. The molecule has 1 aromatic carbocycles. The van der Waals surface area contributed by atoms with Gasteiger partial charge in [-0.05, 0) is 50.3 Å². The highest BCUT2D eigenvalue weighted by atomic mass is 16.5. The number of esters is 1. The van der Waals surface area contributed by atoms with E-state index in [2.05, 4.69) is 13.0 Å². The summed E-state index contributed by atoms with van der Waals surface area (Å²) in [6.45, 7) is 5.02. The fourth-order valence-corrected chi connectivity index (χ4v) is 2.01. The maximum Gasteiger partial charge on any atom is 0.305 e. The Bertz CT molecular complexity index is 429. The lowest BCUT2D eigenvalue weighted by molar-refractivity contribution is -0.143. The van der Waals surface area contributed by atoms with Crippen LogP contribution in [0.15, 0.2) is 18.2 Å². The molecule has 0 aliphatic heterocycles. The van der Waals surface area contributed by atoms with Crippen molar-refractivity contribution in [3.8, 4) is 11.5 Å². The topological polar surface area (TPSA) is 44.8 Å². The van der Waals surface area contributed by atoms with Gasteiger partial charge in [-0.2, -0.15) is 0 Å². The van der Waals surface area contributed by atoms with Crippen molar-refractivity contribution >= 4 is 5.97 Å². The van der Waals surface area contributed by atoms with Gasteiger partial charge in [0.05, 0.1) is 20.3 Å². The molecule has 0 saturated carbocycles. The molecule has 0 atom stereocenters. The molecule has 1 aromatic rings. The second kappa shape index (κ2) is 10.1. The minimum atomic E-state index is -0.116. The van der Waals surface area contributed by atoms with E-state index in [1.807, 2.05) is 19.1 Å². The molecule has 0 aliphatic carbocycles. The van der Waals surface area contributed by atoms with Gasteiger partial charge in [0.25, 0.3) is 0 Å². The number of aryl methyl sites for hydroxylation is 1. The minimum Gasteiger partial charge on any atom is -0.493 e. The molecule has 0 aliphatic rings. The first kappa shape index (κ1) is 17.3. The predicted octanol–water partition coefficient (Wildman–Crippen LogP) is 3.76. The second-order valence-corrected chi connectivity index (χ2v) is 4.80. The molecule has 0 unspecified atom stereocenters. The van der Waals surface area contributed by atoms with Gasteiger partial charge < -0.3 is 14.2 Å². The molecule has 118 valence electrons. The Balaban J connectivity index is 2.25. The number of carbonyl (C=O) groups excluding carboxylic acids is 1. The first-order valence-electron chi connectivity index (χ1n) is 7.66. The van der Waals surface area contributed by atoms with Gasteiger partial charge in [-0.25, -0.2) is 0 Å². The van der Waals surface area contributed by atoms with E-state index < -0.39 is 0 Å². The van der Waals surface area contributed by atoms with E-state index in [9.17, 15) is 4.79 Å². The normalized spacial score (nSPS) is 10.2. The second-order valence-electron chi connectivity index (χ2n) is 4.80. The van der Waals surface area contributed by atoms with Crippen molar-refractivity contribution in [2.24, 2.45) is 0 Å². The van der Waals surface area contributed by atoms with Crippen LogP contribution in [0.2, 0.25) is 0 Å². The van der Waals surface area contributed by atoms with Gasteiger partial charge in [-0.3, -0.25) is 4.79 Å². The Kier molecular flexibility index (Phi) is 8.32. The molecule has 0 fully saturated rings. The van der Waals surface area contributed by atoms with Crippen LogP contribution in [-0.2, 0) is 16.0 Å². The van der Waals surface area contributed by atoms with E-state index >= 15 is 0 Å². The van der Waals surface area contributed by atoms with E-state index in [0.29, 0.717) is 19.6 Å². The number of carbonyl (C=O) groups is 1. The average molecular weight is 294 g/mol. The predicted molar refractivity (Wildman–Crippen MR) is 83.0 cm³/mol. The number of ether oxygens (including phenoxy) is 3. The zero-order valence-electron chi connectivity index (χ0n) is 13.3. The molecule has 0 N–H and O–H groups in total. The molecule has 1 rings (SSSR count). The van der Waals surface area contributed by atoms with Gasteiger partial charge in [0, 0.05) is 6.42 Å². The van der Waals surface area contributed by atoms with Crippen LogP contribution in [0.3, 0.4) is 0 Å². The number of rotatable bonds is 10. The Morgan fingerprint density at radius 1 is 1.10 bits per heavy atom. The Hall–Kier alpha value is -1.71. The van der Waals surface area contributed by atoms with Gasteiger partial charge in [0.15, 0.2) is 11.5 Å². The van der Waals surface area contributed by atoms with Crippen LogP contribution in [0.25, 0.3) is 0 Å². The number of unbranched alkanes of at least 4 members (excludes halogenated alkanes) is 2. The summed E-state index contributed by atoms with van der Waals surface area (Å²) in [4.78, 5) is 11.2. The van der Waals surface area contributed by atoms with Crippen molar-refractivity contribution in [3.05, 3.63) is 23.8 Å². The SMILES string of the molecule is CCOC(=O)CCCCCOc1ccc(CC)cc1OC. The molecular weight excluding hydrogens is 268 g/mol. The summed E-state index contributed by atoms with van der Waals surface area (Å²) in [5.41, 5.74) is 1.23. The zero-order chi connectivity index (χ0) is 15.5. The maximum atomic E-state index is 11.2. The van der Waals surface area contributed by atoms with Crippen LogP contribution < -0.4 is 9.47 Å². The summed E-state index contributed by atoms with van der Waals surface area (Å²) in [6.07, 6.45) is 4.17. The number of methoxy groups -OCH3 is 1. The Morgan fingerprint density at radius 3 is 2.57 bits per heavy atom. The molecule has 0 spiro atoms. The van der Waals surface area contributed by atoms with Crippen LogP contribution in [0.5, 0.6) is 11.5 Å².